The van der Waals surface area contributed by atoms with Crippen LogP contribution in [0, 0.1) is 0 Å². The van der Waals surface area contributed by atoms with Crippen LogP contribution in [0.2, 0.25) is 0 Å². The topological polar surface area (TPSA) is 98.7 Å². The van der Waals surface area contributed by atoms with E-state index < -0.39 is 5.91 Å². The van der Waals surface area contributed by atoms with E-state index in [2.05, 4.69) is 10.5 Å². The molecule has 2 aliphatic heterocycles. The molecule has 2 amide bonds. The van der Waals surface area contributed by atoms with Crippen LogP contribution in [0.25, 0.3) is 0 Å². The molecule has 0 aliphatic carbocycles. The van der Waals surface area contributed by atoms with E-state index in [1.54, 1.807) is 36.4 Å². The Morgan fingerprint density at radius 1 is 1.25 bits per heavy atom. The molecule has 2 aromatic rings. The van der Waals surface area contributed by atoms with Gasteiger partial charge in [-0.3, -0.25) is 14.5 Å². The van der Waals surface area contributed by atoms with Crippen LogP contribution in [0.3, 0.4) is 0 Å². The minimum Gasteiger partial charge on any atom is -0.493 e. The van der Waals surface area contributed by atoms with Crippen molar-refractivity contribution < 1.29 is 28.5 Å². The number of rotatable bonds is 5. The van der Waals surface area contributed by atoms with Gasteiger partial charge in [-0.2, -0.15) is 5.10 Å². The van der Waals surface area contributed by atoms with Crippen LogP contribution in [-0.2, 0) is 9.59 Å². The van der Waals surface area contributed by atoms with Crippen LogP contribution in [0.15, 0.2) is 41.5 Å². The van der Waals surface area contributed by atoms with Gasteiger partial charge in [0.15, 0.2) is 18.1 Å². The maximum atomic E-state index is 12.2. The first-order valence-electron chi connectivity index (χ1n) is 8.47. The largest absolute Gasteiger partial charge is 0.493 e. The summed E-state index contributed by atoms with van der Waals surface area (Å²) in [6, 6.07) is 10.5. The van der Waals surface area contributed by atoms with E-state index in [9.17, 15) is 9.59 Å². The highest BCUT2D eigenvalue weighted by Gasteiger charge is 2.26. The van der Waals surface area contributed by atoms with Crippen LogP contribution in [0.4, 0.5) is 5.69 Å². The molecule has 2 heterocycles. The minimum atomic E-state index is -0.436. The number of methoxy groups -OCH3 is 1. The van der Waals surface area contributed by atoms with E-state index >= 15 is 0 Å². The molecule has 0 saturated carbocycles. The maximum Gasteiger partial charge on any atom is 0.265 e. The monoisotopic (exact) mass is 383 g/mol. The molecule has 0 unspecified atom stereocenters. The van der Waals surface area contributed by atoms with Crippen molar-refractivity contribution >= 4 is 23.7 Å². The highest BCUT2D eigenvalue weighted by Crippen LogP contribution is 2.41. The molecule has 4 rings (SSSR count). The molecule has 0 saturated heterocycles. The minimum absolute atomic E-state index is 0.107. The zero-order valence-corrected chi connectivity index (χ0v) is 15.0. The molecule has 144 valence electrons. The molecule has 0 atom stereocenters. The molecule has 28 heavy (non-hydrogen) atoms. The maximum absolute atomic E-state index is 12.2. The van der Waals surface area contributed by atoms with E-state index in [0.717, 1.165) is 0 Å². The molecule has 2 aliphatic rings. The van der Waals surface area contributed by atoms with E-state index in [0.29, 0.717) is 34.2 Å². The number of benzene rings is 2. The number of carbonyl (C=O) groups excluding carboxylic acids is 2. The van der Waals surface area contributed by atoms with Gasteiger partial charge < -0.3 is 18.9 Å². The third-order valence-electron chi connectivity index (χ3n) is 4.19. The number of ether oxygens (including phenoxy) is 4. The normalized spacial score (nSPS) is 14.6. The number of para-hydroxylation sites is 2. The summed E-state index contributed by atoms with van der Waals surface area (Å²) in [6.07, 6.45) is 1.46. The lowest BCUT2D eigenvalue weighted by Crippen LogP contribution is -2.44. The van der Waals surface area contributed by atoms with Gasteiger partial charge in [0.1, 0.15) is 12.3 Å². The Kier molecular flexibility index (Phi) is 4.71. The van der Waals surface area contributed by atoms with E-state index in [-0.39, 0.29) is 25.9 Å². The zero-order valence-electron chi connectivity index (χ0n) is 15.0. The average Bonchev–Trinajstić information content (AvgIpc) is 3.18. The second-order valence-electron chi connectivity index (χ2n) is 5.99. The molecule has 0 fully saturated rings. The van der Waals surface area contributed by atoms with E-state index in [1.807, 2.05) is 0 Å². The summed E-state index contributed by atoms with van der Waals surface area (Å²) < 4.78 is 21.3. The lowest BCUT2D eigenvalue weighted by Gasteiger charge is -2.28. The lowest BCUT2D eigenvalue weighted by molar-refractivity contribution is -0.125. The molecule has 0 spiro atoms. The first-order chi connectivity index (χ1) is 13.7. The summed E-state index contributed by atoms with van der Waals surface area (Å²) in [5.74, 6) is 1.42. The van der Waals surface area contributed by atoms with Crippen LogP contribution in [-0.4, -0.2) is 45.1 Å². The van der Waals surface area contributed by atoms with Gasteiger partial charge in [0.25, 0.3) is 11.8 Å². The third kappa shape index (κ3) is 3.41. The fraction of sp³-hybridized carbons (Fsp3) is 0.211. The number of nitrogens with zero attached hydrogens (tertiary/aromatic N) is 2. The number of amides is 2. The van der Waals surface area contributed by atoms with Gasteiger partial charge in [-0.25, -0.2) is 5.43 Å². The van der Waals surface area contributed by atoms with Crippen molar-refractivity contribution in [2.24, 2.45) is 5.10 Å². The molecular weight excluding hydrogens is 366 g/mol. The standard InChI is InChI=1S/C19H17N3O6/c1-25-15-6-12(7-16-19(15)28-11-27-16)8-20-21-17(23)9-22-13-4-2-3-5-14(13)26-10-18(22)24/h2-8H,9-11H2,1H3,(H,21,23)/b20-8-. The van der Waals surface area contributed by atoms with Crippen molar-refractivity contribution in [1.29, 1.82) is 0 Å². The summed E-state index contributed by atoms with van der Waals surface area (Å²) in [5, 5.41) is 3.94. The Labute approximate surface area is 160 Å². The molecule has 9 nitrogen and oxygen atoms in total. The highest BCUT2D eigenvalue weighted by molar-refractivity contribution is 6.02. The highest BCUT2D eigenvalue weighted by atomic mass is 16.7. The SMILES string of the molecule is COc1cc(/C=N\NC(=O)CN2C(=O)COc3ccccc32)cc2c1OCO2. The van der Waals surface area contributed by atoms with Gasteiger partial charge in [0.05, 0.1) is 19.0 Å². The van der Waals surface area contributed by atoms with Crippen LogP contribution in [0.1, 0.15) is 5.56 Å². The summed E-state index contributed by atoms with van der Waals surface area (Å²) in [5.41, 5.74) is 3.63. The first-order valence-corrected chi connectivity index (χ1v) is 8.47. The Morgan fingerprint density at radius 2 is 2.11 bits per heavy atom. The van der Waals surface area contributed by atoms with Gasteiger partial charge >= 0.3 is 0 Å². The molecule has 1 N–H and O–H groups in total. The van der Waals surface area contributed by atoms with Crippen LogP contribution in [0.5, 0.6) is 23.0 Å². The summed E-state index contributed by atoms with van der Waals surface area (Å²) in [4.78, 5) is 25.7. The van der Waals surface area contributed by atoms with Crippen molar-refractivity contribution in [2.75, 3.05) is 32.0 Å². The van der Waals surface area contributed by atoms with Gasteiger partial charge in [-0.1, -0.05) is 12.1 Å². The van der Waals surface area contributed by atoms with E-state index in [4.69, 9.17) is 18.9 Å². The Morgan fingerprint density at radius 3 is 2.96 bits per heavy atom. The number of nitrogens with one attached hydrogen (secondary N) is 1. The summed E-state index contributed by atoms with van der Waals surface area (Å²) >= 11 is 0. The van der Waals surface area contributed by atoms with Crippen LogP contribution < -0.4 is 29.3 Å². The van der Waals surface area contributed by atoms with Gasteiger partial charge in [-0.05, 0) is 24.3 Å². The van der Waals surface area contributed by atoms with Gasteiger partial charge in [0.2, 0.25) is 12.5 Å². The summed E-state index contributed by atoms with van der Waals surface area (Å²) in [7, 11) is 1.52. The first kappa shape index (κ1) is 17.7. The smallest absolute Gasteiger partial charge is 0.265 e. The Hall–Kier alpha value is -3.75. The van der Waals surface area contributed by atoms with Crippen molar-refractivity contribution in [1.82, 2.24) is 5.43 Å². The Balaban J connectivity index is 1.42. The van der Waals surface area contributed by atoms with Gasteiger partial charge in [0, 0.05) is 5.56 Å². The van der Waals surface area contributed by atoms with Crippen molar-refractivity contribution in [2.45, 2.75) is 0 Å². The number of carbonyl (C=O) groups is 2. The van der Waals surface area contributed by atoms with Crippen LogP contribution >= 0.6 is 0 Å². The number of fused-ring (bicyclic) bond motifs is 2. The molecule has 0 aromatic heterocycles. The molecule has 9 heteroatoms. The number of hydrogen-bond acceptors (Lipinski definition) is 7. The van der Waals surface area contributed by atoms with Crippen molar-refractivity contribution in [3.63, 3.8) is 0 Å². The van der Waals surface area contributed by atoms with Crippen molar-refractivity contribution in [3.8, 4) is 23.0 Å². The second kappa shape index (κ2) is 7.47. The van der Waals surface area contributed by atoms with Crippen molar-refractivity contribution in [3.05, 3.63) is 42.0 Å². The average molecular weight is 383 g/mol. The fourth-order valence-electron chi connectivity index (χ4n) is 2.91. The van der Waals surface area contributed by atoms with Gasteiger partial charge in [-0.15, -0.1) is 0 Å². The fourth-order valence-corrected chi connectivity index (χ4v) is 2.91. The zero-order chi connectivity index (χ0) is 19.5. The molecular formula is C19H17N3O6. The lowest BCUT2D eigenvalue weighted by atomic mass is 10.2. The number of hydrazone groups is 1. The van der Waals surface area contributed by atoms with E-state index in [1.165, 1.54) is 18.2 Å². The predicted octanol–water partition coefficient (Wildman–Crippen LogP) is 1.30. The predicted molar refractivity (Wildman–Crippen MR) is 99.1 cm³/mol. The Bertz CT molecular complexity index is 959. The molecule has 2 aromatic carbocycles. The quantitative estimate of drug-likeness (QED) is 0.617. The molecule has 0 bridgehead atoms. The number of hydrogen-bond donors (Lipinski definition) is 1. The third-order valence-corrected chi connectivity index (χ3v) is 4.19. The molecule has 0 radical (unpaired) electrons. The summed E-state index contributed by atoms with van der Waals surface area (Å²) in [6.45, 7) is -0.149. The second-order valence-corrected chi connectivity index (χ2v) is 5.99. The number of anilines is 1.